The van der Waals surface area contributed by atoms with Crippen LogP contribution >= 0.6 is 0 Å². The number of nitro groups is 1. The summed E-state index contributed by atoms with van der Waals surface area (Å²) in [6.45, 7) is 1.70. The summed E-state index contributed by atoms with van der Waals surface area (Å²) in [6, 6.07) is -0.269. The van der Waals surface area contributed by atoms with Crippen molar-refractivity contribution in [2.24, 2.45) is 0 Å². The van der Waals surface area contributed by atoms with Gasteiger partial charge in [0.25, 0.3) is 6.20 Å². The van der Waals surface area contributed by atoms with Crippen molar-refractivity contribution in [3.05, 3.63) is 22.0 Å². The van der Waals surface area contributed by atoms with Crippen molar-refractivity contribution in [1.29, 1.82) is 0 Å². The van der Waals surface area contributed by atoms with E-state index in [0.29, 0.717) is 0 Å². The number of piperidine rings is 1. The first-order valence-corrected chi connectivity index (χ1v) is 3.98. The standard InChI is InChI=1S/C7H12N2O4/c1-4-6(10)2-7(11)5(8-4)3-9(12)13/h3-4,6-8,10-11H,2H2,1H3/b5-3-/t4-,6-,7-/m0/s1. The number of aliphatic hydroxyl groups is 2. The summed E-state index contributed by atoms with van der Waals surface area (Å²) in [7, 11) is 0. The van der Waals surface area contributed by atoms with Gasteiger partial charge in [0, 0.05) is 12.5 Å². The smallest absolute Gasteiger partial charge is 0.255 e. The Hall–Kier alpha value is -1.14. The lowest BCUT2D eigenvalue weighted by molar-refractivity contribution is -0.404. The zero-order valence-electron chi connectivity index (χ0n) is 7.17. The predicted octanol–water partition coefficient (Wildman–Crippen LogP) is -0.792. The van der Waals surface area contributed by atoms with Gasteiger partial charge < -0.3 is 15.5 Å². The molecule has 74 valence electrons. The van der Waals surface area contributed by atoms with Crippen LogP contribution in [0, 0.1) is 10.1 Å². The van der Waals surface area contributed by atoms with Crippen LogP contribution in [0.1, 0.15) is 13.3 Å². The minimum absolute atomic E-state index is 0.133. The van der Waals surface area contributed by atoms with Crippen LogP contribution < -0.4 is 5.32 Å². The Labute approximate surface area is 75.0 Å². The van der Waals surface area contributed by atoms with Crippen LogP contribution in [0.5, 0.6) is 0 Å². The van der Waals surface area contributed by atoms with E-state index in [1.165, 1.54) is 0 Å². The molecule has 1 aliphatic heterocycles. The van der Waals surface area contributed by atoms with Crippen molar-refractivity contribution >= 4 is 0 Å². The Kier molecular flexibility index (Phi) is 2.84. The van der Waals surface area contributed by atoms with E-state index in [2.05, 4.69) is 5.32 Å². The van der Waals surface area contributed by atoms with Crippen molar-refractivity contribution in [2.75, 3.05) is 0 Å². The van der Waals surface area contributed by atoms with Crippen LogP contribution in [0.3, 0.4) is 0 Å². The van der Waals surface area contributed by atoms with Gasteiger partial charge in [0.05, 0.1) is 11.0 Å². The maximum absolute atomic E-state index is 10.1. The lowest BCUT2D eigenvalue weighted by Gasteiger charge is -2.31. The Morgan fingerprint density at radius 1 is 1.69 bits per heavy atom. The average Bonchev–Trinajstić information content (AvgIpc) is 1.99. The van der Waals surface area contributed by atoms with E-state index in [1.54, 1.807) is 6.92 Å². The van der Waals surface area contributed by atoms with Crippen LogP contribution in [0.25, 0.3) is 0 Å². The van der Waals surface area contributed by atoms with E-state index in [0.717, 1.165) is 6.20 Å². The fourth-order valence-electron chi connectivity index (χ4n) is 1.25. The van der Waals surface area contributed by atoms with Crippen LogP contribution in [0.15, 0.2) is 11.9 Å². The Morgan fingerprint density at radius 2 is 2.31 bits per heavy atom. The van der Waals surface area contributed by atoms with Crippen molar-refractivity contribution in [2.45, 2.75) is 31.6 Å². The van der Waals surface area contributed by atoms with Gasteiger partial charge in [0.1, 0.15) is 11.8 Å². The molecule has 0 saturated carbocycles. The number of nitrogens with one attached hydrogen (secondary N) is 1. The second-order valence-electron chi connectivity index (χ2n) is 3.12. The van der Waals surface area contributed by atoms with Gasteiger partial charge in [-0.25, -0.2) is 0 Å². The van der Waals surface area contributed by atoms with E-state index in [1.807, 2.05) is 0 Å². The molecule has 3 N–H and O–H groups in total. The lowest BCUT2D eigenvalue weighted by Crippen LogP contribution is -2.47. The largest absolute Gasteiger partial charge is 0.391 e. The summed E-state index contributed by atoms with van der Waals surface area (Å²) < 4.78 is 0. The molecule has 1 rings (SSSR count). The first-order chi connectivity index (χ1) is 6.00. The van der Waals surface area contributed by atoms with Gasteiger partial charge in [-0.2, -0.15) is 0 Å². The van der Waals surface area contributed by atoms with Gasteiger partial charge in [0.2, 0.25) is 0 Å². The second kappa shape index (κ2) is 3.71. The van der Waals surface area contributed by atoms with Crippen molar-refractivity contribution in [3.8, 4) is 0 Å². The molecule has 0 spiro atoms. The minimum Gasteiger partial charge on any atom is -0.391 e. The fraction of sp³-hybridized carbons (Fsp3) is 0.714. The molecule has 1 aliphatic rings. The summed E-state index contributed by atoms with van der Waals surface area (Å²) >= 11 is 0. The molecule has 0 bridgehead atoms. The SMILES string of the molecule is C[C@@H]1N/C(=C\[N+](=O)[O-])[C@@H](O)C[C@@H]1O. The molecule has 1 saturated heterocycles. The maximum Gasteiger partial charge on any atom is 0.255 e. The molecule has 6 heteroatoms. The zero-order chi connectivity index (χ0) is 10.0. The molecule has 0 aromatic carbocycles. The van der Waals surface area contributed by atoms with Gasteiger partial charge in [-0.3, -0.25) is 10.1 Å². The Bertz CT molecular complexity index is 241. The Morgan fingerprint density at radius 3 is 2.85 bits per heavy atom. The minimum atomic E-state index is -0.975. The molecule has 0 radical (unpaired) electrons. The fourth-order valence-corrected chi connectivity index (χ4v) is 1.25. The lowest BCUT2D eigenvalue weighted by atomic mass is 9.98. The van der Waals surface area contributed by atoms with Crippen LogP contribution in [0.2, 0.25) is 0 Å². The highest BCUT2D eigenvalue weighted by Gasteiger charge is 2.29. The maximum atomic E-state index is 10.1. The number of hydrogen-bond donors (Lipinski definition) is 3. The Balaban J connectivity index is 2.72. The normalized spacial score (nSPS) is 37.2. The molecule has 13 heavy (non-hydrogen) atoms. The van der Waals surface area contributed by atoms with Crippen molar-refractivity contribution < 1.29 is 15.1 Å². The van der Waals surface area contributed by atoms with Crippen molar-refractivity contribution in [1.82, 2.24) is 5.32 Å². The quantitative estimate of drug-likeness (QED) is 0.370. The first kappa shape index (κ1) is 9.94. The van der Waals surface area contributed by atoms with Gasteiger partial charge in [-0.1, -0.05) is 0 Å². The summed E-state index contributed by atoms with van der Waals surface area (Å²) in [5, 5.41) is 31.4. The first-order valence-electron chi connectivity index (χ1n) is 3.98. The molecular weight excluding hydrogens is 176 g/mol. The van der Waals surface area contributed by atoms with E-state index in [4.69, 9.17) is 0 Å². The molecule has 0 aromatic rings. The summed E-state index contributed by atoms with van der Waals surface area (Å²) in [5.41, 5.74) is 0.155. The summed E-state index contributed by atoms with van der Waals surface area (Å²) in [6.07, 6.45) is -0.781. The number of aliphatic hydroxyl groups excluding tert-OH is 2. The number of rotatable bonds is 1. The average molecular weight is 188 g/mol. The molecule has 0 aromatic heterocycles. The zero-order valence-corrected chi connectivity index (χ0v) is 7.17. The number of hydrogen-bond acceptors (Lipinski definition) is 5. The van der Waals surface area contributed by atoms with E-state index in [9.17, 15) is 20.3 Å². The summed E-state index contributed by atoms with van der Waals surface area (Å²) in [5.74, 6) is 0. The second-order valence-corrected chi connectivity index (χ2v) is 3.12. The van der Waals surface area contributed by atoms with Crippen LogP contribution in [-0.4, -0.2) is 33.4 Å². The monoisotopic (exact) mass is 188 g/mol. The van der Waals surface area contributed by atoms with Crippen LogP contribution in [0.4, 0.5) is 0 Å². The molecule has 1 heterocycles. The van der Waals surface area contributed by atoms with Gasteiger partial charge in [-0.15, -0.1) is 0 Å². The highest BCUT2D eigenvalue weighted by Crippen LogP contribution is 2.16. The molecule has 6 nitrogen and oxygen atoms in total. The van der Waals surface area contributed by atoms with Crippen molar-refractivity contribution in [3.63, 3.8) is 0 Å². The molecule has 0 aliphatic carbocycles. The molecular formula is C7H12N2O4. The third kappa shape index (κ3) is 2.40. The summed E-state index contributed by atoms with van der Waals surface area (Å²) in [4.78, 5) is 9.49. The van der Waals surface area contributed by atoms with Gasteiger partial charge >= 0.3 is 0 Å². The molecule has 0 unspecified atom stereocenters. The third-order valence-corrected chi connectivity index (χ3v) is 2.04. The third-order valence-electron chi connectivity index (χ3n) is 2.04. The predicted molar refractivity (Wildman–Crippen MR) is 44.3 cm³/mol. The molecule has 1 fully saturated rings. The topological polar surface area (TPSA) is 95.6 Å². The van der Waals surface area contributed by atoms with Gasteiger partial charge in [-0.05, 0) is 6.92 Å². The highest BCUT2D eigenvalue weighted by atomic mass is 16.6. The molecule has 0 amide bonds. The molecule has 3 atom stereocenters. The van der Waals surface area contributed by atoms with Crippen LogP contribution in [-0.2, 0) is 0 Å². The highest BCUT2D eigenvalue weighted by molar-refractivity contribution is 5.08. The van der Waals surface area contributed by atoms with E-state index in [-0.39, 0.29) is 18.2 Å². The number of nitrogens with zero attached hydrogens (tertiary/aromatic N) is 1. The van der Waals surface area contributed by atoms with Gasteiger partial charge in [0.15, 0.2) is 0 Å². The van der Waals surface area contributed by atoms with E-state index < -0.39 is 17.1 Å². The van der Waals surface area contributed by atoms with E-state index >= 15 is 0 Å².